The molecule has 0 fully saturated rings. The van der Waals surface area contributed by atoms with E-state index in [0.717, 1.165) is 0 Å². The quantitative estimate of drug-likeness (QED) is 0.630. The lowest BCUT2D eigenvalue weighted by Crippen LogP contribution is -2.42. The van der Waals surface area contributed by atoms with E-state index in [1.165, 1.54) is 24.3 Å². The molecule has 0 bridgehead atoms. The number of benzene rings is 1. The molecule has 0 radical (unpaired) electrons. The minimum atomic E-state index is -1.50. The average molecular weight is 265 g/mol. The van der Waals surface area contributed by atoms with Crippen molar-refractivity contribution in [3.8, 4) is 0 Å². The van der Waals surface area contributed by atoms with Crippen molar-refractivity contribution in [1.82, 2.24) is 5.32 Å². The van der Waals surface area contributed by atoms with Crippen LogP contribution in [0.15, 0.2) is 24.3 Å². The number of hydrogen-bond acceptors (Lipinski definition) is 4. The third-order valence-corrected chi connectivity index (χ3v) is 2.29. The molecule has 100 valence electrons. The SMILES string of the molecule is O=Cc1ccc(C(=O)N[C@@H](CC(=O)O)C(=O)O)cc1. The average Bonchev–Trinajstić information content (AvgIpc) is 2.37. The van der Waals surface area contributed by atoms with Crippen LogP contribution in [-0.2, 0) is 9.59 Å². The van der Waals surface area contributed by atoms with Gasteiger partial charge in [0.25, 0.3) is 5.91 Å². The molecular weight excluding hydrogens is 254 g/mol. The lowest BCUT2D eigenvalue weighted by atomic mass is 10.1. The van der Waals surface area contributed by atoms with Crippen molar-refractivity contribution in [2.75, 3.05) is 0 Å². The van der Waals surface area contributed by atoms with E-state index in [1.54, 1.807) is 0 Å². The molecule has 0 aliphatic rings. The van der Waals surface area contributed by atoms with Crippen molar-refractivity contribution >= 4 is 24.1 Å². The maximum absolute atomic E-state index is 11.7. The number of carboxylic acid groups (broad SMARTS) is 2. The van der Waals surface area contributed by atoms with Crippen LogP contribution < -0.4 is 5.32 Å². The Morgan fingerprint density at radius 3 is 2.16 bits per heavy atom. The van der Waals surface area contributed by atoms with E-state index in [-0.39, 0.29) is 5.56 Å². The number of amides is 1. The van der Waals surface area contributed by atoms with Crippen molar-refractivity contribution in [3.05, 3.63) is 35.4 Å². The van der Waals surface area contributed by atoms with Gasteiger partial charge in [-0.05, 0) is 12.1 Å². The summed E-state index contributed by atoms with van der Waals surface area (Å²) < 4.78 is 0. The minimum Gasteiger partial charge on any atom is -0.481 e. The summed E-state index contributed by atoms with van der Waals surface area (Å²) in [7, 11) is 0. The zero-order chi connectivity index (χ0) is 14.4. The summed E-state index contributed by atoms with van der Waals surface area (Å²) in [6.07, 6.45) is -0.111. The maximum Gasteiger partial charge on any atom is 0.326 e. The molecule has 0 heterocycles. The molecule has 7 heteroatoms. The van der Waals surface area contributed by atoms with Crippen molar-refractivity contribution in [2.45, 2.75) is 12.5 Å². The van der Waals surface area contributed by atoms with E-state index in [2.05, 4.69) is 5.32 Å². The third-order valence-electron chi connectivity index (χ3n) is 2.29. The third kappa shape index (κ3) is 4.23. The van der Waals surface area contributed by atoms with E-state index in [1.807, 2.05) is 0 Å². The topological polar surface area (TPSA) is 121 Å². The summed E-state index contributed by atoms with van der Waals surface area (Å²) in [4.78, 5) is 43.4. The molecule has 1 amide bonds. The molecule has 0 unspecified atom stereocenters. The number of carboxylic acids is 2. The molecule has 1 aromatic carbocycles. The Balaban J connectivity index is 2.78. The van der Waals surface area contributed by atoms with Gasteiger partial charge in [0.15, 0.2) is 0 Å². The molecule has 19 heavy (non-hydrogen) atoms. The lowest BCUT2D eigenvalue weighted by Gasteiger charge is -2.12. The largest absolute Gasteiger partial charge is 0.481 e. The number of carbonyl (C=O) groups is 4. The smallest absolute Gasteiger partial charge is 0.326 e. The summed E-state index contributed by atoms with van der Waals surface area (Å²) >= 11 is 0. The molecule has 0 spiro atoms. The minimum absolute atomic E-state index is 0.141. The van der Waals surface area contributed by atoms with Gasteiger partial charge in [0, 0.05) is 11.1 Å². The zero-order valence-electron chi connectivity index (χ0n) is 9.70. The van der Waals surface area contributed by atoms with Gasteiger partial charge in [-0.15, -0.1) is 0 Å². The highest BCUT2D eigenvalue weighted by Crippen LogP contribution is 2.04. The first kappa shape index (κ1) is 14.4. The first-order valence-corrected chi connectivity index (χ1v) is 5.24. The standard InChI is InChI=1S/C12H11NO6/c14-6-7-1-3-8(4-2-7)11(17)13-9(12(18)19)5-10(15)16/h1-4,6,9H,5H2,(H,13,17)(H,15,16)(H,18,19)/t9-/m0/s1. The number of nitrogens with one attached hydrogen (secondary N) is 1. The Bertz CT molecular complexity index is 507. The second-order valence-electron chi connectivity index (χ2n) is 3.70. The fourth-order valence-electron chi connectivity index (χ4n) is 1.33. The fourth-order valence-corrected chi connectivity index (χ4v) is 1.33. The molecule has 7 nitrogen and oxygen atoms in total. The zero-order valence-corrected chi connectivity index (χ0v) is 9.70. The summed E-state index contributed by atoms with van der Waals surface area (Å²) in [6, 6.07) is 3.98. The van der Waals surface area contributed by atoms with Crippen molar-refractivity contribution in [1.29, 1.82) is 0 Å². The highest BCUT2D eigenvalue weighted by Gasteiger charge is 2.23. The van der Waals surface area contributed by atoms with Crippen LogP contribution in [0.2, 0.25) is 0 Å². The number of rotatable bonds is 6. The number of aldehydes is 1. The fraction of sp³-hybridized carbons (Fsp3) is 0.167. The Morgan fingerprint density at radius 2 is 1.74 bits per heavy atom. The van der Waals surface area contributed by atoms with Crippen molar-refractivity contribution in [2.24, 2.45) is 0 Å². The van der Waals surface area contributed by atoms with E-state index in [9.17, 15) is 19.2 Å². The molecular formula is C12H11NO6. The summed E-state index contributed by atoms with van der Waals surface area (Å²) in [5, 5.41) is 19.4. The maximum atomic E-state index is 11.7. The monoisotopic (exact) mass is 265 g/mol. The van der Waals surface area contributed by atoms with E-state index < -0.39 is 30.3 Å². The molecule has 1 rings (SSSR count). The highest BCUT2D eigenvalue weighted by molar-refractivity contribution is 5.97. The molecule has 3 N–H and O–H groups in total. The Kier molecular flexibility index (Phi) is 4.76. The van der Waals surface area contributed by atoms with Crippen LogP contribution in [-0.4, -0.2) is 40.4 Å². The second kappa shape index (κ2) is 6.29. The van der Waals surface area contributed by atoms with Gasteiger partial charge in [0.1, 0.15) is 12.3 Å². The second-order valence-corrected chi connectivity index (χ2v) is 3.70. The lowest BCUT2D eigenvalue weighted by molar-refractivity contribution is -0.145. The van der Waals surface area contributed by atoms with Crippen LogP contribution in [0.25, 0.3) is 0 Å². The van der Waals surface area contributed by atoms with Gasteiger partial charge < -0.3 is 15.5 Å². The normalized spacial score (nSPS) is 11.4. The number of carbonyl (C=O) groups excluding carboxylic acids is 2. The molecule has 1 atom stereocenters. The molecule has 0 aliphatic heterocycles. The molecule has 0 saturated heterocycles. The van der Waals surface area contributed by atoms with Crippen LogP contribution in [0.3, 0.4) is 0 Å². The van der Waals surface area contributed by atoms with Crippen LogP contribution in [0.5, 0.6) is 0 Å². The van der Waals surface area contributed by atoms with Crippen molar-refractivity contribution in [3.63, 3.8) is 0 Å². The number of hydrogen-bond donors (Lipinski definition) is 3. The molecule has 0 aromatic heterocycles. The Morgan fingerprint density at radius 1 is 1.16 bits per heavy atom. The van der Waals surface area contributed by atoms with Crippen LogP contribution in [0.4, 0.5) is 0 Å². The van der Waals surface area contributed by atoms with E-state index in [4.69, 9.17) is 10.2 Å². The predicted molar refractivity (Wildman–Crippen MR) is 63.0 cm³/mol. The van der Waals surface area contributed by atoms with Gasteiger partial charge in [0.05, 0.1) is 6.42 Å². The van der Waals surface area contributed by atoms with Gasteiger partial charge in [-0.3, -0.25) is 14.4 Å². The molecule has 1 aromatic rings. The Labute approximate surface area is 107 Å². The summed E-state index contributed by atoms with van der Waals surface area (Å²) in [5.41, 5.74) is 0.513. The van der Waals surface area contributed by atoms with Gasteiger partial charge in [0.2, 0.25) is 0 Å². The van der Waals surface area contributed by atoms with Gasteiger partial charge in [-0.1, -0.05) is 12.1 Å². The highest BCUT2D eigenvalue weighted by atomic mass is 16.4. The summed E-state index contributed by atoms with van der Waals surface area (Å²) in [5.74, 6) is -3.48. The van der Waals surface area contributed by atoms with Crippen LogP contribution in [0, 0.1) is 0 Å². The van der Waals surface area contributed by atoms with E-state index >= 15 is 0 Å². The molecule has 0 aliphatic carbocycles. The summed E-state index contributed by atoms with van der Waals surface area (Å²) in [6.45, 7) is 0. The first-order chi connectivity index (χ1) is 8.93. The van der Waals surface area contributed by atoms with Crippen LogP contribution >= 0.6 is 0 Å². The van der Waals surface area contributed by atoms with Crippen LogP contribution in [0.1, 0.15) is 27.1 Å². The molecule has 0 saturated carbocycles. The van der Waals surface area contributed by atoms with Gasteiger partial charge >= 0.3 is 11.9 Å². The van der Waals surface area contributed by atoms with Gasteiger partial charge in [-0.25, -0.2) is 4.79 Å². The van der Waals surface area contributed by atoms with Gasteiger partial charge in [-0.2, -0.15) is 0 Å². The first-order valence-electron chi connectivity index (χ1n) is 5.24. The predicted octanol–water partition coefficient (Wildman–Crippen LogP) is 0.157. The van der Waals surface area contributed by atoms with Crippen molar-refractivity contribution < 1.29 is 29.4 Å². The Hall–Kier alpha value is -2.70. The number of aliphatic carboxylic acids is 2. The van der Waals surface area contributed by atoms with E-state index in [0.29, 0.717) is 11.8 Å².